The number of hydrogen-bond donors (Lipinski definition) is 2. The second-order valence-electron chi connectivity index (χ2n) is 3.95. The Morgan fingerprint density at radius 2 is 2.19 bits per heavy atom. The summed E-state index contributed by atoms with van der Waals surface area (Å²) in [4.78, 5) is 10.1. The molecule has 1 aromatic rings. The summed E-state index contributed by atoms with van der Waals surface area (Å²) in [6, 6.07) is 0.247. The Hall–Kier alpha value is -1.56. The van der Waals surface area contributed by atoms with E-state index in [1.54, 1.807) is 0 Å². The molecule has 1 aromatic heterocycles. The first-order valence-corrected chi connectivity index (χ1v) is 5.10. The highest BCUT2D eigenvalue weighted by Gasteiger charge is 2.11. The standard InChI is InChI=1S/C10H19N5O/c1-7(5-15(2)3)14-9-8(11)10(16-4)13-6-12-9/h6-7H,5,11H2,1-4H3,(H,12,13,14). The lowest BCUT2D eigenvalue weighted by Gasteiger charge is -2.19. The molecule has 1 rings (SSSR count). The molecule has 6 nitrogen and oxygen atoms in total. The van der Waals surface area contributed by atoms with E-state index in [-0.39, 0.29) is 6.04 Å². The monoisotopic (exact) mass is 225 g/mol. The van der Waals surface area contributed by atoms with E-state index in [1.807, 2.05) is 14.1 Å². The Labute approximate surface area is 95.8 Å². The molecule has 0 aliphatic rings. The van der Waals surface area contributed by atoms with Crippen molar-refractivity contribution < 1.29 is 4.74 Å². The average Bonchev–Trinajstić information content (AvgIpc) is 2.20. The number of nitrogen functional groups attached to an aromatic ring is 1. The third-order valence-corrected chi connectivity index (χ3v) is 2.06. The van der Waals surface area contributed by atoms with Gasteiger partial charge in [0, 0.05) is 12.6 Å². The lowest BCUT2D eigenvalue weighted by Crippen LogP contribution is -2.30. The summed E-state index contributed by atoms with van der Waals surface area (Å²) in [5.74, 6) is 1.01. The van der Waals surface area contributed by atoms with Crippen LogP contribution in [0.25, 0.3) is 0 Å². The van der Waals surface area contributed by atoms with Gasteiger partial charge in [-0.2, -0.15) is 4.98 Å². The normalized spacial score (nSPS) is 12.6. The second-order valence-corrected chi connectivity index (χ2v) is 3.95. The quantitative estimate of drug-likeness (QED) is 0.756. The first-order valence-electron chi connectivity index (χ1n) is 5.10. The van der Waals surface area contributed by atoms with Gasteiger partial charge in [-0.1, -0.05) is 0 Å². The van der Waals surface area contributed by atoms with Crippen molar-refractivity contribution in [3.8, 4) is 5.88 Å². The number of nitrogens with two attached hydrogens (primary N) is 1. The van der Waals surface area contributed by atoms with Crippen LogP contribution in [0.5, 0.6) is 5.88 Å². The van der Waals surface area contributed by atoms with Gasteiger partial charge in [-0.25, -0.2) is 4.98 Å². The molecule has 1 atom stereocenters. The summed E-state index contributed by atoms with van der Waals surface area (Å²) in [7, 11) is 5.57. The second kappa shape index (κ2) is 5.50. The summed E-state index contributed by atoms with van der Waals surface area (Å²) < 4.78 is 5.02. The fourth-order valence-electron chi connectivity index (χ4n) is 1.48. The van der Waals surface area contributed by atoms with Crippen molar-refractivity contribution >= 4 is 11.5 Å². The first-order chi connectivity index (χ1) is 7.54. The van der Waals surface area contributed by atoms with Crippen molar-refractivity contribution in [2.24, 2.45) is 0 Å². The highest BCUT2D eigenvalue weighted by molar-refractivity contribution is 5.66. The van der Waals surface area contributed by atoms with Gasteiger partial charge < -0.3 is 20.7 Å². The Kier molecular flexibility index (Phi) is 4.30. The molecule has 0 saturated carbocycles. The molecule has 1 unspecified atom stereocenters. The van der Waals surface area contributed by atoms with Crippen LogP contribution in [-0.2, 0) is 0 Å². The smallest absolute Gasteiger partial charge is 0.242 e. The molecule has 0 saturated heterocycles. The Balaban J connectivity index is 2.73. The van der Waals surface area contributed by atoms with E-state index in [0.717, 1.165) is 6.54 Å². The maximum Gasteiger partial charge on any atom is 0.242 e. The maximum absolute atomic E-state index is 5.85. The van der Waals surface area contributed by atoms with E-state index in [2.05, 4.69) is 27.1 Å². The van der Waals surface area contributed by atoms with Crippen LogP contribution in [0.4, 0.5) is 11.5 Å². The predicted molar refractivity (Wildman–Crippen MR) is 64.6 cm³/mol. The van der Waals surface area contributed by atoms with E-state index >= 15 is 0 Å². The van der Waals surface area contributed by atoms with Gasteiger partial charge in [0.15, 0.2) is 5.82 Å². The number of nitrogens with one attached hydrogen (secondary N) is 1. The van der Waals surface area contributed by atoms with Crippen molar-refractivity contribution in [3.63, 3.8) is 0 Å². The summed E-state index contributed by atoms with van der Waals surface area (Å²) >= 11 is 0. The van der Waals surface area contributed by atoms with Gasteiger partial charge >= 0.3 is 0 Å². The Bertz CT molecular complexity index is 342. The van der Waals surface area contributed by atoms with Gasteiger partial charge in [0.25, 0.3) is 0 Å². The summed E-state index contributed by atoms with van der Waals surface area (Å²) in [6.07, 6.45) is 1.43. The largest absolute Gasteiger partial charge is 0.479 e. The molecule has 16 heavy (non-hydrogen) atoms. The van der Waals surface area contributed by atoms with Crippen LogP contribution >= 0.6 is 0 Å². The summed E-state index contributed by atoms with van der Waals surface area (Å²) in [5.41, 5.74) is 6.29. The number of ether oxygens (including phenoxy) is 1. The number of likely N-dealkylation sites (N-methyl/N-ethyl adjacent to an activating group) is 1. The number of rotatable bonds is 5. The number of anilines is 2. The molecule has 0 bridgehead atoms. The van der Waals surface area contributed by atoms with Crippen LogP contribution in [-0.4, -0.2) is 48.7 Å². The molecule has 90 valence electrons. The third kappa shape index (κ3) is 3.23. The van der Waals surface area contributed by atoms with Gasteiger partial charge in [0.05, 0.1) is 7.11 Å². The highest BCUT2D eigenvalue weighted by atomic mass is 16.5. The third-order valence-electron chi connectivity index (χ3n) is 2.06. The summed E-state index contributed by atoms with van der Waals surface area (Å²) in [6.45, 7) is 2.96. The minimum absolute atomic E-state index is 0.247. The molecule has 0 amide bonds. The molecular weight excluding hydrogens is 206 g/mol. The van der Waals surface area contributed by atoms with Crippen molar-refractivity contribution in [2.75, 3.05) is 38.8 Å². The number of aromatic nitrogens is 2. The topological polar surface area (TPSA) is 76.3 Å². The number of nitrogens with zero attached hydrogens (tertiary/aromatic N) is 3. The zero-order valence-electron chi connectivity index (χ0n) is 10.2. The molecule has 1 heterocycles. The van der Waals surface area contributed by atoms with E-state index in [4.69, 9.17) is 10.5 Å². The minimum Gasteiger partial charge on any atom is -0.479 e. The molecule has 0 spiro atoms. The van der Waals surface area contributed by atoms with E-state index in [1.165, 1.54) is 13.4 Å². The Morgan fingerprint density at radius 3 is 2.75 bits per heavy atom. The van der Waals surface area contributed by atoms with E-state index in [9.17, 15) is 0 Å². The van der Waals surface area contributed by atoms with Gasteiger partial charge in [0.2, 0.25) is 5.88 Å². The lowest BCUT2D eigenvalue weighted by atomic mass is 10.3. The highest BCUT2D eigenvalue weighted by Crippen LogP contribution is 2.24. The molecule has 0 aliphatic heterocycles. The van der Waals surface area contributed by atoms with E-state index in [0.29, 0.717) is 17.4 Å². The van der Waals surface area contributed by atoms with Crippen molar-refractivity contribution in [1.29, 1.82) is 0 Å². The lowest BCUT2D eigenvalue weighted by molar-refractivity contribution is 0.390. The average molecular weight is 225 g/mol. The number of methoxy groups -OCH3 is 1. The fraction of sp³-hybridized carbons (Fsp3) is 0.600. The SMILES string of the molecule is COc1ncnc(NC(C)CN(C)C)c1N. The van der Waals surface area contributed by atoms with Crippen LogP contribution in [0.15, 0.2) is 6.33 Å². The maximum atomic E-state index is 5.85. The molecule has 0 radical (unpaired) electrons. The minimum atomic E-state index is 0.247. The molecule has 3 N–H and O–H groups in total. The van der Waals surface area contributed by atoms with Crippen LogP contribution < -0.4 is 15.8 Å². The van der Waals surface area contributed by atoms with Gasteiger partial charge in [-0.3, -0.25) is 0 Å². The molecule has 0 aromatic carbocycles. The van der Waals surface area contributed by atoms with E-state index < -0.39 is 0 Å². The van der Waals surface area contributed by atoms with Crippen LogP contribution in [0, 0.1) is 0 Å². The Morgan fingerprint density at radius 1 is 1.50 bits per heavy atom. The molecule has 0 fully saturated rings. The molecule has 0 aliphatic carbocycles. The van der Waals surface area contributed by atoms with Crippen LogP contribution in [0.3, 0.4) is 0 Å². The zero-order chi connectivity index (χ0) is 12.1. The van der Waals surface area contributed by atoms with Crippen molar-refractivity contribution in [1.82, 2.24) is 14.9 Å². The van der Waals surface area contributed by atoms with Crippen LogP contribution in [0.1, 0.15) is 6.92 Å². The molecule has 6 heteroatoms. The van der Waals surface area contributed by atoms with Crippen molar-refractivity contribution in [3.05, 3.63) is 6.33 Å². The fourth-order valence-corrected chi connectivity index (χ4v) is 1.48. The predicted octanol–water partition coefficient (Wildman–Crippen LogP) is 0.429. The zero-order valence-corrected chi connectivity index (χ0v) is 10.2. The first kappa shape index (κ1) is 12.5. The number of hydrogen-bond acceptors (Lipinski definition) is 6. The molecular formula is C10H19N5O. The van der Waals surface area contributed by atoms with Crippen LogP contribution in [0.2, 0.25) is 0 Å². The summed E-state index contributed by atoms with van der Waals surface area (Å²) in [5, 5.41) is 3.22. The van der Waals surface area contributed by atoms with Gasteiger partial charge in [0.1, 0.15) is 12.0 Å². The van der Waals surface area contributed by atoms with Gasteiger partial charge in [-0.15, -0.1) is 0 Å². The van der Waals surface area contributed by atoms with Crippen molar-refractivity contribution in [2.45, 2.75) is 13.0 Å². The van der Waals surface area contributed by atoms with Gasteiger partial charge in [-0.05, 0) is 21.0 Å².